The summed E-state index contributed by atoms with van der Waals surface area (Å²) in [5, 5.41) is 3.23. The van der Waals surface area contributed by atoms with Crippen LogP contribution in [0.5, 0.6) is 0 Å². The molecule has 76 valence electrons. The summed E-state index contributed by atoms with van der Waals surface area (Å²) in [7, 11) is 0. The van der Waals surface area contributed by atoms with Crippen molar-refractivity contribution in [1.82, 2.24) is 5.32 Å². The van der Waals surface area contributed by atoms with E-state index in [4.69, 9.17) is 4.42 Å². The number of Topliss-reactive ketones (excluding diaryl/α,β-unsaturated/α-hetero) is 1. The summed E-state index contributed by atoms with van der Waals surface area (Å²) in [5.41, 5.74) is 0.965. The summed E-state index contributed by atoms with van der Waals surface area (Å²) >= 11 is 1.84. The summed E-state index contributed by atoms with van der Waals surface area (Å²) in [4.78, 5) is 11.7. The number of furan rings is 1. The molecule has 0 radical (unpaired) electrons. The van der Waals surface area contributed by atoms with Crippen LogP contribution in [0.3, 0.4) is 0 Å². The number of carbonyl (C=O) groups is 1. The van der Waals surface area contributed by atoms with Gasteiger partial charge in [0.25, 0.3) is 0 Å². The number of carbonyl (C=O) groups excluding carboxylic acids is 1. The molecule has 1 N–H and O–H groups in total. The maximum Gasteiger partial charge on any atom is 0.155 e. The molecule has 0 spiro atoms. The van der Waals surface area contributed by atoms with Gasteiger partial charge < -0.3 is 9.73 Å². The summed E-state index contributed by atoms with van der Waals surface area (Å²) in [6, 6.07) is 1.87. The van der Waals surface area contributed by atoms with Crippen LogP contribution >= 0.6 is 11.8 Å². The third-order valence-corrected chi connectivity index (χ3v) is 3.33. The summed E-state index contributed by atoms with van der Waals surface area (Å²) in [5.74, 6) is 2.27. The van der Waals surface area contributed by atoms with Crippen molar-refractivity contribution in [2.45, 2.75) is 12.5 Å². The maximum atomic E-state index is 11.7. The standard InChI is InChI=1S/C10H13NO2S/c12-10(5-8-1-3-13-6-8)9-7-14-4-2-11-9/h1,3,6,9,11H,2,4-5,7H2. The van der Waals surface area contributed by atoms with E-state index in [0.29, 0.717) is 6.42 Å². The molecule has 0 amide bonds. The largest absolute Gasteiger partial charge is 0.472 e. The molecule has 1 aliphatic heterocycles. The minimum Gasteiger partial charge on any atom is -0.472 e. The van der Waals surface area contributed by atoms with Crippen molar-refractivity contribution in [2.24, 2.45) is 0 Å². The molecular weight excluding hydrogens is 198 g/mol. The molecule has 1 aromatic rings. The van der Waals surface area contributed by atoms with Gasteiger partial charge in [-0.3, -0.25) is 4.79 Å². The molecule has 1 unspecified atom stereocenters. The first-order valence-electron chi connectivity index (χ1n) is 4.71. The monoisotopic (exact) mass is 211 g/mol. The van der Waals surface area contributed by atoms with Gasteiger partial charge >= 0.3 is 0 Å². The van der Waals surface area contributed by atoms with Crippen molar-refractivity contribution >= 4 is 17.5 Å². The van der Waals surface area contributed by atoms with Crippen molar-refractivity contribution in [3.63, 3.8) is 0 Å². The second-order valence-corrected chi connectivity index (χ2v) is 4.51. The Kier molecular flexibility index (Phi) is 3.26. The van der Waals surface area contributed by atoms with Crippen molar-refractivity contribution in [3.8, 4) is 0 Å². The molecule has 14 heavy (non-hydrogen) atoms. The summed E-state index contributed by atoms with van der Waals surface area (Å²) in [6.45, 7) is 0.937. The highest BCUT2D eigenvalue weighted by Gasteiger charge is 2.20. The van der Waals surface area contributed by atoms with Crippen LogP contribution in [0.4, 0.5) is 0 Å². The van der Waals surface area contributed by atoms with Gasteiger partial charge in [-0.15, -0.1) is 0 Å². The van der Waals surface area contributed by atoms with Gasteiger partial charge in [-0.05, 0) is 11.6 Å². The lowest BCUT2D eigenvalue weighted by Gasteiger charge is -2.21. The van der Waals surface area contributed by atoms with E-state index in [1.54, 1.807) is 12.5 Å². The molecule has 0 aliphatic carbocycles. The molecule has 1 aliphatic rings. The smallest absolute Gasteiger partial charge is 0.155 e. The zero-order valence-corrected chi connectivity index (χ0v) is 8.68. The number of hydrogen-bond donors (Lipinski definition) is 1. The van der Waals surface area contributed by atoms with Crippen LogP contribution in [0.2, 0.25) is 0 Å². The Labute approximate surface area is 87.2 Å². The Bertz CT molecular complexity index is 291. The third-order valence-electron chi connectivity index (χ3n) is 2.27. The van der Waals surface area contributed by atoms with Gasteiger partial charge in [-0.1, -0.05) is 0 Å². The van der Waals surface area contributed by atoms with E-state index in [9.17, 15) is 4.79 Å². The number of rotatable bonds is 3. The maximum absolute atomic E-state index is 11.7. The summed E-state index contributed by atoms with van der Waals surface area (Å²) in [6.07, 6.45) is 3.72. The van der Waals surface area contributed by atoms with E-state index in [2.05, 4.69) is 5.32 Å². The number of nitrogens with one attached hydrogen (secondary N) is 1. The van der Waals surface area contributed by atoms with Crippen LogP contribution in [-0.2, 0) is 11.2 Å². The molecule has 3 nitrogen and oxygen atoms in total. The Hall–Kier alpha value is -0.740. The zero-order valence-electron chi connectivity index (χ0n) is 7.86. The van der Waals surface area contributed by atoms with Crippen LogP contribution < -0.4 is 5.32 Å². The first-order chi connectivity index (χ1) is 6.86. The fourth-order valence-corrected chi connectivity index (χ4v) is 2.46. The van der Waals surface area contributed by atoms with Crippen LogP contribution in [0.25, 0.3) is 0 Å². The fraction of sp³-hybridized carbons (Fsp3) is 0.500. The average Bonchev–Trinajstić information content (AvgIpc) is 2.72. The third kappa shape index (κ3) is 2.39. The average molecular weight is 211 g/mol. The van der Waals surface area contributed by atoms with E-state index in [1.807, 2.05) is 17.8 Å². The Morgan fingerprint density at radius 3 is 3.29 bits per heavy atom. The van der Waals surface area contributed by atoms with E-state index < -0.39 is 0 Å². The van der Waals surface area contributed by atoms with Crippen LogP contribution in [0.15, 0.2) is 23.0 Å². The highest BCUT2D eigenvalue weighted by Crippen LogP contribution is 2.11. The molecule has 1 atom stereocenters. The van der Waals surface area contributed by atoms with Crippen molar-refractivity contribution in [3.05, 3.63) is 24.2 Å². The molecule has 1 aromatic heterocycles. The van der Waals surface area contributed by atoms with Crippen molar-refractivity contribution in [1.29, 1.82) is 0 Å². The molecule has 1 saturated heterocycles. The minimum absolute atomic E-state index is 0.0312. The van der Waals surface area contributed by atoms with E-state index in [1.165, 1.54) is 0 Å². The highest BCUT2D eigenvalue weighted by molar-refractivity contribution is 7.99. The molecular formula is C10H13NO2S. The lowest BCUT2D eigenvalue weighted by molar-refractivity contribution is -0.119. The second-order valence-electron chi connectivity index (χ2n) is 3.36. The minimum atomic E-state index is 0.0312. The predicted octanol–water partition coefficient (Wildman–Crippen LogP) is 1.10. The van der Waals surface area contributed by atoms with Gasteiger partial charge in [0.05, 0.1) is 18.6 Å². The Morgan fingerprint density at radius 1 is 1.71 bits per heavy atom. The lowest BCUT2D eigenvalue weighted by Crippen LogP contribution is -2.44. The molecule has 4 heteroatoms. The van der Waals surface area contributed by atoms with Crippen molar-refractivity contribution in [2.75, 3.05) is 18.1 Å². The highest BCUT2D eigenvalue weighted by atomic mass is 32.2. The van der Waals surface area contributed by atoms with E-state index in [0.717, 1.165) is 23.6 Å². The van der Waals surface area contributed by atoms with Gasteiger partial charge in [0, 0.05) is 24.5 Å². The quantitative estimate of drug-likeness (QED) is 0.813. The fourth-order valence-electron chi connectivity index (χ4n) is 1.49. The molecule has 2 heterocycles. The topological polar surface area (TPSA) is 42.2 Å². The van der Waals surface area contributed by atoms with Crippen LogP contribution in [0.1, 0.15) is 5.56 Å². The lowest BCUT2D eigenvalue weighted by atomic mass is 10.1. The second kappa shape index (κ2) is 4.66. The first kappa shape index (κ1) is 9.80. The molecule has 0 saturated carbocycles. The SMILES string of the molecule is O=C(Cc1ccoc1)C1CSCCN1. The van der Waals surface area contributed by atoms with Crippen molar-refractivity contribution < 1.29 is 9.21 Å². The van der Waals surface area contributed by atoms with Crippen LogP contribution in [0, 0.1) is 0 Å². The Morgan fingerprint density at radius 2 is 2.64 bits per heavy atom. The Balaban J connectivity index is 1.88. The van der Waals surface area contributed by atoms with Gasteiger partial charge in [0.1, 0.15) is 0 Å². The van der Waals surface area contributed by atoms with Gasteiger partial charge in [-0.2, -0.15) is 11.8 Å². The zero-order chi connectivity index (χ0) is 9.80. The van der Waals surface area contributed by atoms with E-state index >= 15 is 0 Å². The number of thioether (sulfide) groups is 1. The normalized spacial score (nSPS) is 22.1. The molecule has 0 aromatic carbocycles. The van der Waals surface area contributed by atoms with E-state index in [-0.39, 0.29) is 11.8 Å². The molecule has 2 rings (SSSR count). The summed E-state index contributed by atoms with van der Waals surface area (Å²) < 4.78 is 4.92. The number of ketones is 1. The predicted molar refractivity (Wildman–Crippen MR) is 56.5 cm³/mol. The molecule has 0 bridgehead atoms. The van der Waals surface area contributed by atoms with Gasteiger partial charge in [-0.25, -0.2) is 0 Å². The van der Waals surface area contributed by atoms with Gasteiger partial charge in [0.2, 0.25) is 0 Å². The first-order valence-corrected chi connectivity index (χ1v) is 5.86. The molecule has 1 fully saturated rings. The van der Waals surface area contributed by atoms with Gasteiger partial charge in [0.15, 0.2) is 5.78 Å². The van der Waals surface area contributed by atoms with Crippen LogP contribution in [-0.4, -0.2) is 29.9 Å². The number of hydrogen-bond acceptors (Lipinski definition) is 4.